The van der Waals surface area contributed by atoms with Gasteiger partial charge < -0.3 is 5.32 Å². The van der Waals surface area contributed by atoms with Gasteiger partial charge in [0.25, 0.3) is 0 Å². The molecule has 0 aliphatic carbocycles. The van der Waals surface area contributed by atoms with E-state index in [2.05, 4.69) is 17.4 Å². The highest BCUT2D eigenvalue weighted by Gasteiger charge is 2.35. The average Bonchev–Trinajstić information content (AvgIpc) is 2.99. The Morgan fingerprint density at radius 2 is 1.86 bits per heavy atom. The van der Waals surface area contributed by atoms with Crippen LogP contribution in [0.3, 0.4) is 0 Å². The standard InChI is InChI=1S/C22H30N2O3S/c1-15(11-12-17-9-7-6-8-10-17)23-21(27)16(2)24-19(26)14-28-20(24)13-18(25)22(3,4)5/h6-10,13,15-16H,11-12,14H2,1-5H3,(H,23,27). The number of nitrogens with zero attached hydrogens (tertiary/aromatic N) is 1. The lowest BCUT2D eigenvalue weighted by molar-refractivity contribution is -0.135. The van der Waals surface area contributed by atoms with Gasteiger partial charge in [-0.3, -0.25) is 19.3 Å². The summed E-state index contributed by atoms with van der Waals surface area (Å²) in [6, 6.07) is 9.47. The van der Waals surface area contributed by atoms with Crippen LogP contribution >= 0.6 is 11.8 Å². The van der Waals surface area contributed by atoms with Crippen LogP contribution in [0.4, 0.5) is 0 Å². The summed E-state index contributed by atoms with van der Waals surface area (Å²) in [6.07, 6.45) is 3.19. The molecule has 0 spiro atoms. The molecule has 28 heavy (non-hydrogen) atoms. The number of benzene rings is 1. The second-order valence-electron chi connectivity index (χ2n) is 8.26. The molecule has 2 atom stereocenters. The maximum absolute atomic E-state index is 12.7. The van der Waals surface area contributed by atoms with Gasteiger partial charge in [-0.15, -0.1) is 0 Å². The maximum Gasteiger partial charge on any atom is 0.243 e. The molecule has 1 heterocycles. The summed E-state index contributed by atoms with van der Waals surface area (Å²) in [7, 11) is 0. The molecule has 5 nitrogen and oxygen atoms in total. The molecule has 0 saturated carbocycles. The van der Waals surface area contributed by atoms with E-state index in [0.717, 1.165) is 12.8 Å². The number of thioether (sulfide) groups is 1. The van der Waals surface area contributed by atoms with Crippen molar-refractivity contribution < 1.29 is 14.4 Å². The van der Waals surface area contributed by atoms with Crippen molar-refractivity contribution in [3.8, 4) is 0 Å². The second-order valence-corrected chi connectivity index (χ2v) is 9.25. The van der Waals surface area contributed by atoms with Crippen molar-refractivity contribution in [2.24, 2.45) is 5.41 Å². The molecule has 0 aromatic heterocycles. The Hall–Kier alpha value is -2.08. The van der Waals surface area contributed by atoms with E-state index in [4.69, 9.17) is 0 Å². The molecule has 1 saturated heterocycles. The summed E-state index contributed by atoms with van der Waals surface area (Å²) in [5.41, 5.74) is 0.705. The number of amides is 2. The zero-order chi connectivity index (χ0) is 20.9. The number of hydrogen-bond acceptors (Lipinski definition) is 4. The number of aryl methyl sites for hydroxylation is 1. The van der Waals surface area contributed by atoms with Crippen LogP contribution in [0, 0.1) is 5.41 Å². The number of carbonyl (C=O) groups excluding carboxylic acids is 3. The molecule has 1 fully saturated rings. The lowest BCUT2D eigenvalue weighted by Gasteiger charge is -2.26. The van der Waals surface area contributed by atoms with Crippen molar-refractivity contribution in [1.82, 2.24) is 10.2 Å². The normalized spacial score (nSPS) is 18.2. The highest BCUT2D eigenvalue weighted by molar-refractivity contribution is 8.04. The van der Waals surface area contributed by atoms with Crippen molar-refractivity contribution in [2.75, 3.05) is 5.75 Å². The van der Waals surface area contributed by atoms with E-state index >= 15 is 0 Å². The van der Waals surface area contributed by atoms with Gasteiger partial charge in [0.1, 0.15) is 6.04 Å². The van der Waals surface area contributed by atoms with Gasteiger partial charge in [0.15, 0.2) is 5.78 Å². The molecule has 2 amide bonds. The summed E-state index contributed by atoms with van der Waals surface area (Å²) < 4.78 is 0. The third kappa shape index (κ3) is 5.96. The van der Waals surface area contributed by atoms with Gasteiger partial charge in [-0.05, 0) is 32.3 Å². The zero-order valence-corrected chi connectivity index (χ0v) is 18.1. The van der Waals surface area contributed by atoms with Crippen molar-refractivity contribution in [2.45, 2.75) is 59.5 Å². The Morgan fingerprint density at radius 1 is 1.21 bits per heavy atom. The van der Waals surface area contributed by atoms with E-state index in [1.54, 1.807) is 6.92 Å². The third-order valence-electron chi connectivity index (χ3n) is 4.71. The predicted octanol–water partition coefficient (Wildman–Crippen LogP) is 3.54. The first-order chi connectivity index (χ1) is 13.1. The van der Waals surface area contributed by atoms with Crippen LogP contribution in [0.25, 0.3) is 0 Å². The lowest BCUT2D eigenvalue weighted by Crippen LogP contribution is -2.48. The molecule has 2 unspecified atom stereocenters. The van der Waals surface area contributed by atoms with Crippen LogP contribution in [0.1, 0.15) is 46.6 Å². The van der Waals surface area contributed by atoms with Crippen LogP contribution < -0.4 is 5.32 Å². The molecule has 2 rings (SSSR count). The quantitative estimate of drug-likeness (QED) is 0.709. The van der Waals surface area contributed by atoms with E-state index in [-0.39, 0.29) is 29.4 Å². The Balaban J connectivity index is 1.98. The van der Waals surface area contributed by atoms with Gasteiger partial charge in [0.2, 0.25) is 11.8 Å². The van der Waals surface area contributed by atoms with Gasteiger partial charge in [0.05, 0.1) is 10.8 Å². The van der Waals surface area contributed by atoms with E-state index in [9.17, 15) is 14.4 Å². The molecule has 1 aromatic rings. The minimum atomic E-state index is -0.652. The maximum atomic E-state index is 12.7. The second kappa shape index (κ2) is 9.41. The predicted molar refractivity (Wildman–Crippen MR) is 114 cm³/mol. The minimum absolute atomic E-state index is 0.0100. The molecule has 1 aliphatic heterocycles. The average molecular weight is 403 g/mol. The third-order valence-corrected chi connectivity index (χ3v) is 5.71. The monoisotopic (exact) mass is 402 g/mol. The summed E-state index contributed by atoms with van der Waals surface area (Å²) in [6.45, 7) is 9.18. The van der Waals surface area contributed by atoms with Crippen LogP contribution in [0.2, 0.25) is 0 Å². The lowest BCUT2D eigenvalue weighted by atomic mass is 9.91. The SMILES string of the molecule is CC(CCc1ccccc1)NC(=O)C(C)N1C(=O)CSC1=CC(=O)C(C)(C)C. The molecule has 6 heteroatoms. The Labute approximate surface area is 171 Å². The van der Waals surface area contributed by atoms with Gasteiger partial charge >= 0.3 is 0 Å². The molecule has 0 bridgehead atoms. The molecular formula is C22H30N2O3S. The number of allylic oxidation sites excluding steroid dienone is 1. The Kier molecular flexibility index (Phi) is 7.47. The van der Waals surface area contributed by atoms with Crippen molar-refractivity contribution in [3.05, 3.63) is 47.0 Å². The van der Waals surface area contributed by atoms with Gasteiger partial charge in [-0.1, -0.05) is 62.9 Å². The molecule has 152 valence electrons. The number of hydrogen-bond donors (Lipinski definition) is 1. The molecule has 0 radical (unpaired) electrons. The zero-order valence-electron chi connectivity index (χ0n) is 17.3. The topological polar surface area (TPSA) is 66.5 Å². The van der Waals surface area contributed by atoms with E-state index in [1.165, 1.54) is 28.3 Å². The first-order valence-electron chi connectivity index (χ1n) is 9.65. The van der Waals surface area contributed by atoms with Crippen molar-refractivity contribution in [1.29, 1.82) is 0 Å². The molecule has 1 N–H and O–H groups in total. The number of carbonyl (C=O) groups is 3. The first-order valence-corrected chi connectivity index (χ1v) is 10.6. The van der Waals surface area contributed by atoms with Crippen LogP contribution in [0.15, 0.2) is 41.4 Å². The van der Waals surface area contributed by atoms with E-state index in [0.29, 0.717) is 5.03 Å². The largest absolute Gasteiger partial charge is 0.352 e. The summed E-state index contributed by atoms with van der Waals surface area (Å²) in [4.78, 5) is 38.8. The summed E-state index contributed by atoms with van der Waals surface area (Å²) in [5.74, 6) is -0.147. The Bertz CT molecular complexity index is 753. The summed E-state index contributed by atoms with van der Waals surface area (Å²) in [5, 5.41) is 3.56. The summed E-state index contributed by atoms with van der Waals surface area (Å²) >= 11 is 1.31. The first kappa shape index (κ1) is 22.2. The fraction of sp³-hybridized carbons (Fsp3) is 0.500. The highest BCUT2D eigenvalue weighted by atomic mass is 32.2. The molecule has 1 aromatic carbocycles. The number of nitrogens with one attached hydrogen (secondary N) is 1. The number of ketones is 1. The van der Waals surface area contributed by atoms with Gasteiger partial charge in [-0.2, -0.15) is 0 Å². The smallest absolute Gasteiger partial charge is 0.243 e. The van der Waals surface area contributed by atoms with Gasteiger partial charge in [0, 0.05) is 17.5 Å². The van der Waals surface area contributed by atoms with Crippen LogP contribution in [-0.4, -0.2) is 40.3 Å². The van der Waals surface area contributed by atoms with Gasteiger partial charge in [-0.25, -0.2) is 0 Å². The van der Waals surface area contributed by atoms with E-state index in [1.807, 2.05) is 45.9 Å². The van der Waals surface area contributed by atoms with Crippen molar-refractivity contribution >= 4 is 29.4 Å². The Morgan fingerprint density at radius 3 is 2.46 bits per heavy atom. The fourth-order valence-corrected chi connectivity index (χ4v) is 3.82. The minimum Gasteiger partial charge on any atom is -0.352 e. The van der Waals surface area contributed by atoms with E-state index < -0.39 is 11.5 Å². The van der Waals surface area contributed by atoms with Crippen molar-refractivity contribution in [3.63, 3.8) is 0 Å². The van der Waals surface area contributed by atoms with Crippen LogP contribution in [-0.2, 0) is 20.8 Å². The number of rotatable bonds is 7. The molecular weight excluding hydrogens is 372 g/mol. The fourth-order valence-electron chi connectivity index (χ4n) is 2.83. The van der Waals surface area contributed by atoms with Crippen LogP contribution in [0.5, 0.6) is 0 Å². The highest BCUT2D eigenvalue weighted by Crippen LogP contribution is 2.32. The molecule has 1 aliphatic rings.